The van der Waals surface area contributed by atoms with Crippen LogP contribution in [0.1, 0.15) is 16.1 Å². The molecule has 3 N–H and O–H groups in total. The first-order chi connectivity index (χ1) is 11.0. The van der Waals surface area contributed by atoms with E-state index in [1.807, 2.05) is 0 Å². The number of methoxy groups -OCH3 is 1. The van der Waals surface area contributed by atoms with Crippen molar-refractivity contribution in [2.75, 3.05) is 12.4 Å². The lowest BCUT2D eigenvalue weighted by Gasteiger charge is -2.11. The van der Waals surface area contributed by atoms with Gasteiger partial charge in [-0.3, -0.25) is 14.9 Å². The van der Waals surface area contributed by atoms with Crippen molar-refractivity contribution in [3.05, 3.63) is 54.4 Å². The minimum Gasteiger partial charge on any atom is -0.452 e. The summed E-state index contributed by atoms with van der Waals surface area (Å²) in [7, 11) is 2.96. The molecule has 2 aromatic rings. The molecule has 0 bridgehead atoms. The highest BCUT2D eigenvalue weighted by atomic mass is 16.5. The van der Waals surface area contributed by atoms with Crippen LogP contribution in [-0.4, -0.2) is 28.9 Å². The first kappa shape index (κ1) is 16.1. The summed E-state index contributed by atoms with van der Waals surface area (Å²) >= 11 is 0. The van der Waals surface area contributed by atoms with Crippen molar-refractivity contribution in [1.82, 2.24) is 20.6 Å². The number of amides is 2. The molecule has 1 heterocycles. The van der Waals surface area contributed by atoms with Crippen molar-refractivity contribution in [3.63, 3.8) is 0 Å². The van der Waals surface area contributed by atoms with E-state index in [1.165, 1.54) is 11.8 Å². The fourth-order valence-electron chi connectivity index (χ4n) is 1.80. The number of nitrogens with one attached hydrogen (secondary N) is 3. The number of carbonyl (C=O) groups is 2. The van der Waals surface area contributed by atoms with E-state index in [0.29, 0.717) is 17.1 Å². The van der Waals surface area contributed by atoms with Crippen LogP contribution in [0.3, 0.4) is 0 Å². The fraction of sp³-hybridized carbons (Fsp3) is 0.133. The zero-order valence-electron chi connectivity index (χ0n) is 12.8. The molecular formula is C15H17N5O3. The summed E-state index contributed by atoms with van der Waals surface area (Å²) < 4.78 is 5.93. The van der Waals surface area contributed by atoms with E-state index in [4.69, 9.17) is 0 Å². The van der Waals surface area contributed by atoms with Crippen LogP contribution in [0.4, 0.5) is 10.5 Å². The van der Waals surface area contributed by atoms with Crippen LogP contribution in [0.5, 0.6) is 0 Å². The molecule has 1 aromatic carbocycles. The maximum absolute atomic E-state index is 12.1. The van der Waals surface area contributed by atoms with Gasteiger partial charge >= 0.3 is 6.09 Å². The number of hydrogen-bond donors (Lipinski definition) is 3. The molecule has 8 heteroatoms. The Morgan fingerprint density at radius 3 is 2.43 bits per heavy atom. The summed E-state index contributed by atoms with van der Waals surface area (Å²) in [5.41, 5.74) is 7.26. The zero-order chi connectivity index (χ0) is 16.8. The number of aromatic nitrogens is 2. The molecule has 0 fully saturated rings. The highest BCUT2D eigenvalue weighted by Crippen LogP contribution is 2.15. The van der Waals surface area contributed by atoms with Gasteiger partial charge in [0, 0.05) is 18.9 Å². The maximum atomic E-state index is 12.1. The Morgan fingerprint density at radius 1 is 1.17 bits per heavy atom. The number of anilines is 1. The van der Waals surface area contributed by atoms with Crippen LogP contribution in [0.15, 0.2) is 43.1 Å². The Labute approximate surface area is 133 Å². The number of nitrogens with zero attached hydrogens (tertiary/aromatic N) is 2. The van der Waals surface area contributed by atoms with E-state index >= 15 is 0 Å². The molecule has 2 amide bonds. The largest absolute Gasteiger partial charge is 0.452 e. The number of hydrazine groups is 1. The molecule has 2 rings (SSSR count). The lowest BCUT2D eigenvalue weighted by molar-refractivity contribution is 0.101. The summed E-state index contributed by atoms with van der Waals surface area (Å²) in [5, 5.41) is 6.72. The summed E-state index contributed by atoms with van der Waals surface area (Å²) in [4.78, 5) is 23.0. The van der Waals surface area contributed by atoms with E-state index in [0.717, 1.165) is 5.56 Å². The molecule has 0 saturated heterocycles. The maximum Gasteiger partial charge on any atom is 0.425 e. The molecule has 0 atom stereocenters. The van der Waals surface area contributed by atoms with Crippen LogP contribution in [0.2, 0.25) is 0 Å². The highest BCUT2D eigenvalue weighted by molar-refractivity contribution is 6.03. The van der Waals surface area contributed by atoms with Crippen molar-refractivity contribution in [2.45, 2.75) is 0 Å². The molecule has 0 saturated carbocycles. The predicted molar refractivity (Wildman–Crippen MR) is 85.3 cm³/mol. The van der Waals surface area contributed by atoms with Gasteiger partial charge in [0.2, 0.25) is 0 Å². The van der Waals surface area contributed by atoms with Gasteiger partial charge in [0.1, 0.15) is 5.69 Å². The minimum absolute atomic E-state index is 0.248. The predicted octanol–water partition coefficient (Wildman–Crippen LogP) is 1.50. The fourth-order valence-corrected chi connectivity index (χ4v) is 1.80. The van der Waals surface area contributed by atoms with E-state index in [1.54, 1.807) is 43.6 Å². The molecule has 0 aliphatic carbocycles. The summed E-state index contributed by atoms with van der Waals surface area (Å²) in [5.74, 6) is -0.248. The Balaban J connectivity index is 1.97. The molecule has 0 spiro atoms. The lowest BCUT2D eigenvalue weighted by Crippen LogP contribution is -2.35. The van der Waals surface area contributed by atoms with Gasteiger partial charge in [-0.05, 0) is 23.8 Å². The van der Waals surface area contributed by atoms with Crippen molar-refractivity contribution in [1.29, 1.82) is 0 Å². The Hall–Kier alpha value is -3.29. The average Bonchev–Trinajstić information content (AvgIpc) is 2.99. The van der Waals surface area contributed by atoms with E-state index in [-0.39, 0.29) is 5.91 Å². The smallest absolute Gasteiger partial charge is 0.425 e. The molecule has 23 heavy (non-hydrogen) atoms. The number of ether oxygens (including phenoxy) is 1. The number of aryl methyl sites for hydroxylation is 1. The topological polar surface area (TPSA) is 97.3 Å². The first-order valence-corrected chi connectivity index (χ1v) is 6.70. The van der Waals surface area contributed by atoms with Gasteiger partial charge in [-0.15, -0.1) is 0 Å². The van der Waals surface area contributed by atoms with Crippen molar-refractivity contribution in [3.8, 4) is 0 Å². The average molecular weight is 315 g/mol. The Morgan fingerprint density at radius 2 is 1.87 bits per heavy atom. The molecular weight excluding hydrogens is 298 g/mol. The second-order valence-electron chi connectivity index (χ2n) is 4.59. The van der Waals surface area contributed by atoms with E-state index in [9.17, 15) is 9.59 Å². The second kappa shape index (κ2) is 7.12. The minimum atomic E-state index is -0.619. The summed E-state index contributed by atoms with van der Waals surface area (Å²) in [6.07, 6.45) is 0.938. The van der Waals surface area contributed by atoms with Crippen molar-refractivity contribution >= 4 is 23.4 Å². The molecule has 1 aromatic heterocycles. The van der Waals surface area contributed by atoms with Gasteiger partial charge in [-0.25, -0.2) is 10.2 Å². The van der Waals surface area contributed by atoms with Gasteiger partial charge in [0.15, 0.2) is 0 Å². The van der Waals surface area contributed by atoms with Gasteiger partial charge in [-0.1, -0.05) is 18.7 Å². The quantitative estimate of drug-likeness (QED) is 0.727. The van der Waals surface area contributed by atoms with Crippen LogP contribution in [-0.2, 0) is 11.8 Å². The van der Waals surface area contributed by atoms with E-state index < -0.39 is 6.09 Å². The van der Waals surface area contributed by atoms with Gasteiger partial charge < -0.3 is 10.1 Å². The van der Waals surface area contributed by atoms with Crippen molar-refractivity contribution < 1.29 is 14.3 Å². The van der Waals surface area contributed by atoms with E-state index in [2.05, 4.69) is 32.6 Å². The van der Waals surface area contributed by atoms with Crippen LogP contribution >= 0.6 is 0 Å². The normalized spacial score (nSPS) is 9.83. The van der Waals surface area contributed by atoms with Crippen LogP contribution in [0.25, 0.3) is 5.70 Å². The van der Waals surface area contributed by atoms with Gasteiger partial charge in [0.25, 0.3) is 5.91 Å². The Bertz CT molecular complexity index is 721. The lowest BCUT2D eigenvalue weighted by atomic mass is 10.1. The molecule has 0 aliphatic rings. The monoisotopic (exact) mass is 315 g/mol. The highest BCUT2D eigenvalue weighted by Gasteiger charge is 2.10. The number of carbonyl (C=O) groups excluding carboxylic acids is 2. The van der Waals surface area contributed by atoms with Gasteiger partial charge in [0.05, 0.1) is 12.8 Å². The molecule has 0 radical (unpaired) electrons. The standard InChI is InChI=1S/C15H17N5O3/c1-10(18-19-15(22)23-3)11-4-6-12(7-5-11)17-14(21)13-8-9-16-20(13)2/h4-9,18H,1H2,2-3H3,(H,17,21)(H,19,22). The summed E-state index contributed by atoms with van der Waals surface area (Å²) in [6, 6.07) is 8.61. The first-order valence-electron chi connectivity index (χ1n) is 6.70. The zero-order valence-corrected chi connectivity index (χ0v) is 12.8. The van der Waals surface area contributed by atoms with Crippen LogP contribution < -0.4 is 16.2 Å². The van der Waals surface area contributed by atoms with Crippen LogP contribution in [0, 0.1) is 0 Å². The number of benzene rings is 1. The molecule has 8 nitrogen and oxygen atoms in total. The Kier molecular flexibility index (Phi) is 4.98. The third-order valence-electron chi connectivity index (χ3n) is 3.05. The third kappa shape index (κ3) is 4.10. The van der Waals surface area contributed by atoms with Gasteiger partial charge in [-0.2, -0.15) is 5.10 Å². The number of hydrogen-bond acceptors (Lipinski definition) is 5. The molecule has 120 valence electrons. The molecule has 0 aliphatic heterocycles. The number of rotatable bonds is 5. The molecule has 0 unspecified atom stereocenters. The van der Waals surface area contributed by atoms with Crippen molar-refractivity contribution in [2.24, 2.45) is 7.05 Å². The second-order valence-corrected chi connectivity index (χ2v) is 4.59. The summed E-state index contributed by atoms with van der Waals surface area (Å²) in [6.45, 7) is 3.79. The third-order valence-corrected chi connectivity index (χ3v) is 3.05. The SMILES string of the molecule is C=C(NNC(=O)OC)c1ccc(NC(=O)c2ccnn2C)cc1.